The van der Waals surface area contributed by atoms with Crippen molar-refractivity contribution in [1.82, 2.24) is 0 Å². The van der Waals surface area contributed by atoms with Crippen LogP contribution in [0.25, 0.3) is 0 Å². The Morgan fingerprint density at radius 1 is 1.09 bits per heavy atom. The van der Waals surface area contributed by atoms with E-state index in [0.29, 0.717) is 0 Å². The van der Waals surface area contributed by atoms with Gasteiger partial charge in [0, 0.05) is 0 Å². The van der Waals surface area contributed by atoms with Gasteiger partial charge in [0.1, 0.15) is 9.05 Å². The Kier molecular flexibility index (Phi) is 10.4. The molecule has 11 heavy (non-hydrogen) atoms. The molecule has 0 atom stereocenters. The van der Waals surface area contributed by atoms with E-state index in [-0.39, 0.29) is 23.1 Å². The molecule has 0 radical (unpaired) electrons. The second-order valence-electron chi connectivity index (χ2n) is 0.996. The molecule has 0 aliphatic carbocycles. The molecule has 0 bridgehead atoms. The first-order valence-corrected chi connectivity index (χ1v) is 5.45. The van der Waals surface area contributed by atoms with Gasteiger partial charge in [-0.1, -0.05) is 0 Å². The minimum absolute atomic E-state index is 0. The van der Waals surface area contributed by atoms with Crippen LogP contribution < -0.4 is 9.59 Å². The molecule has 0 spiro atoms. The molecule has 0 unspecified atom stereocenters. The molecule has 0 fully saturated rings. The third-order valence-electron chi connectivity index (χ3n) is 0. The van der Waals surface area contributed by atoms with Crippen LogP contribution in [0.5, 0.6) is 0 Å². The van der Waals surface area contributed by atoms with Gasteiger partial charge in [0.25, 0.3) is 0 Å². The Hall–Kier alpha value is 0.876. The van der Waals surface area contributed by atoms with Crippen LogP contribution in [0, 0.1) is 0 Å². The van der Waals surface area contributed by atoms with E-state index in [0.717, 1.165) is 0 Å². The summed E-state index contributed by atoms with van der Waals surface area (Å²) < 4.78 is 31.9. The predicted octanol–water partition coefficient (Wildman–Crippen LogP) is -5.61. The van der Waals surface area contributed by atoms with E-state index >= 15 is 0 Å². The van der Waals surface area contributed by atoms with Gasteiger partial charge >= 0.3 is 52.6 Å². The molecule has 4 N–H and O–H groups in total. The molecule has 64 valence electrons. The summed E-state index contributed by atoms with van der Waals surface area (Å²) in [7, 11) is -5.11. The van der Waals surface area contributed by atoms with Crippen LogP contribution in [0.3, 0.4) is 0 Å². The van der Waals surface area contributed by atoms with Gasteiger partial charge in [-0.3, -0.25) is 0 Å². The summed E-state index contributed by atoms with van der Waals surface area (Å²) in [5.74, 6) is 0. The van der Waals surface area contributed by atoms with E-state index in [1.807, 2.05) is 0 Å². The fourth-order valence-electron chi connectivity index (χ4n) is 0. The van der Waals surface area contributed by atoms with Crippen molar-refractivity contribution in [3.63, 3.8) is 0 Å². The van der Waals surface area contributed by atoms with Gasteiger partial charge in [-0.25, -0.2) is 0 Å². The van der Waals surface area contributed by atoms with Gasteiger partial charge in [0.05, 0.1) is 0 Å². The Labute approximate surface area is 80.8 Å². The monoisotopic (exact) mass is 236 g/mol. The molecule has 8 nitrogen and oxygen atoms in total. The first-order chi connectivity index (χ1) is 4.00. The fraction of sp³-hybridized carbons (Fsp3) is 0. The molecule has 0 aliphatic heterocycles. The summed E-state index contributed by atoms with van der Waals surface area (Å²) in [6.07, 6.45) is 0. The first kappa shape index (κ1) is 17.8. The summed E-state index contributed by atoms with van der Waals surface area (Å²) in [5.41, 5.74) is 0. The van der Waals surface area contributed by atoms with E-state index in [4.69, 9.17) is 35.1 Å². The van der Waals surface area contributed by atoms with Crippen molar-refractivity contribution in [2.24, 2.45) is 0 Å². The van der Waals surface area contributed by atoms with Gasteiger partial charge in [-0.2, -0.15) is 0 Å². The second-order valence-corrected chi connectivity index (χ2v) is 3.49. The van der Waals surface area contributed by atoms with Crippen molar-refractivity contribution in [2.45, 2.75) is 0 Å². The number of hydrogen-bond donors (Lipinski definition) is 4. The van der Waals surface area contributed by atoms with Crippen LogP contribution in [0.15, 0.2) is 0 Å². The second kappa shape index (κ2) is 6.40. The molecular formula is H4CrMgO8Si. The van der Waals surface area contributed by atoms with E-state index in [9.17, 15) is 0 Å². The van der Waals surface area contributed by atoms with Crippen LogP contribution in [0.1, 0.15) is 0 Å². The quantitative estimate of drug-likeness (QED) is 0.303. The van der Waals surface area contributed by atoms with Crippen LogP contribution in [-0.4, -0.2) is 50.0 Å². The van der Waals surface area contributed by atoms with Crippen molar-refractivity contribution < 1.29 is 48.7 Å². The third kappa shape index (κ3) is 1120. The van der Waals surface area contributed by atoms with Gasteiger partial charge < -0.3 is 19.2 Å². The molecule has 0 amide bonds. The van der Waals surface area contributed by atoms with E-state index < -0.39 is 22.7 Å². The molecule has 0 aliphatic rings. The van der Waals surface area contributed by atoms with E-state index in [1.165, 1.54) is 0 Å². The third-order valence-corrected chi connectivity index (χ3v) is 0. The molecule has 0 saturated carbocycles. The standard InChI is InChI=1S/Cr.Mg.H2O4Si.2H2O.2O/c;;1-5(2,3)4;;;;/h;;1-2H;2*1H2;;/q2*+2;-2;;;;/p-2. The molecule has 0 rings (SSSR count). The Morgan fingerprint density at radius 3 is 1.09 bits per heavy atom. The molecule has 11 heteroatoms. The predicted molar refractivity (Wildman–Crippen MR) is 21.8 cm³/mol. The van der Waals surface area contributed by atoms with Gasteiger partial charge in [0.15, 0.2) is 0 Å². The van der Waals surface area contributed by atoms with Gasteiger partial charge in [0.2, 0.25) is 0 Å². The maximum atomic E-state index is 8.82. The molecule has 0 heterocycles. The van der Waals surface area contributed by atoms with Gasteiger partial charge in [-0.15, -0.1) is 0 Å². The number of rotatable bonds is 0. The van der Waals surface area contributed by atoms with Crippen molar-refractivity contribution in [2.75, 3.05) is 0 Å². The van der Waals surface area contributed by atoms with Crippen molar-refractivity contribution in [1.29, 1.82) is 0 Å². The Balaban J connectivity index is -0.000000107. The van der Waals surface area contributed by atoms with Crippen LogP contribution in [0.2, 0.25) is 0 Å². The number of hydrogen-bond acceptors (Lipinski definition) is 6. The summed E-state index contributed by atoms with van der Waals surface area (Å²) in [4.78, 5) is 31.8. The zero-order valence-electron chi connectivity index (χ0n) is 5.04. The minimum atomic E-state index is -5.25. The summed E-state index contributed by atoms with van der Waals surface area (Å²) in [6, 6.07) is 0. The SMILES string of the molecule is [Mg+2].[O-][Si]([O-])(O)O.[O]=[Cr](=[O])([OH])[OH]. The maximum absolute atomic E-state index is 8.82. The summed E-state index contributed by atoms with van der Waals surface area (Å²) in [5, 5.41) is 0. The normalized spacial score (nSPS) is 10.7. The van der Waals surface area contributed by atoms with E-state index in [1.54, 1.807) is 0 Å². The molecule has 0 aromatic rings. The molecule has 0 saturated heterocycles. The van der Waals surface area contributed by atoms with E-state index in [2.05, 4.69) is 0 Å². The zero-order valence-corrected chi connectivity index (χ0v) is 8.73. The first-order valence-electron chi connectivity index (χ1n) is 1.55. The van der Waals surface area contributed by atoms with Crippen molar-refractivity contribution >= 4 is 32.1 Å². The molecular weight excluding hydrogens is 232 g/mol. The Bertz CT molecular complexity index is 149. The zero-order chi connectivity index (χ0) is 9.00. The Morgan fingerprint density at radius 2 is 1.09 bits per heavy atom. The van der Waals surface area contributed by atoms with Crippen LogP contribution in [-0.2, 0) is 21.2 Å². The molecule has 0 aromatic heterocycles. The topological polar surface area (TPSA) is 161 Å². The van der Waals surface area contributed by atoms with Crippen molar-refractivity contribution in [3.05, 3.63) is 0 Å². The molecule has 0 aromatic carbocycles. The summed E-state index contributed by atoms with van der Waals surface area (Å²) in [6.45, 7) is 0. The fourth-order valence-corrected chi connectivity index (χ4v) is 0. The summed E-state index contributed by atoms with van der Waals surface area (Å²) >= 11 is -5.25. The van der Waals surface area contributed by atoms with Crippen LogP contribution >= 0.6 is 0 Å². The average Bonchev–Trinajstić information content (AvgIpc) is 1.12. The van der Waals surface area contributed by atoms with Crippen molar-refractivity contribution in [3.8, 4) is 0 Å². The van der Waals surface area contributed by atoms with Crippen LogP contribution in [0.4, 0.5) is 0 Å². The van der Waals surface area contributed by atoms with Gasteiger partial charge in [-0.05, 0) is 0 Å². The average molecular weight is 236 g/mol.